The molecule has 8 heteroatoms. The van der Waals surface area contributed by atoms with Gasteiger partial charge in [0.1, 0.15) is 0 Å². The number of hydrogen-bond acceptors (Lipinski definition) is 3. The summed E-state index contributed by atoms with van der Waals surface area (Å²) in [6.07, 6.45) is -1.49. The van der Waals surface area contributed by atoms with Gasteiger partial charge >= 0.3 is 6.18 Å². The average molecular weight is 408 g/mol. The highest BCUT2D eigenvalue weighted by atomic mass is 19.4. The Kier molecular flexibility index (Phi) is 6.42. The Labute approximate surface area is 166 Å². The van der Waals surface area contributed by atoms with Gasteiger partial charge in [-0.05, 0) is 49.4 Å². The van der Waals surface area contributed by atoms with Crippen molar-refractivity contribution in [1.82, 2.24) is 9.88 Å². The fraction of sp³-hybridized carbons (Fsp3) is 0.429. The van der Waals surface area contributed by atoms with Crippen LogP contribution in [0.4, 0.5) is 13.2 Å². The lowest BCUT2D eigenvalue weighted by molar-refractivity contribution is -0.137. The SMILES string of the molecule is CCOCCn1cc(C(=O)NC2CC(c3ccc(C(F)(F)F)cc3)C2)ccc1=O. The number of halogens is 3. The molecule has 2 aromatic rings. The molecular formula is C21H23F3N2O3. The van der Waals surface area contributed by atoms with Gasteiger partial charge in [0.25, 0.3) is 11.5 Å². The van der Waals surface area contributed by atoms with Crippen molar-refractivity contribution in [1.29, 1.82) is 0 Å². The average Bonchev–Trinajstić information content (AvgIpc) is 2.65. The smallest absolute Gasteiger partial charge is 0.380 e. The van der Waals surface area contributed by atoms with Crippen LogP contribution in [0.2, 0.25) is 0 Å². The van der Waals surface area contributed by atoms with E-state index in [0.717, 1.165) is 17.7 Å². The number of hydrogen-bond donors (Lipinski definition) is 1. The number of alkyl halides is 3. The second kappa shape index (κ2) is 8.82. The molecule has 3 rings (SSSR count). The van der Waals surface area contributed by atoms with Crippen LogP contribution >= 0.6 is 0 Å². The van der Waals surface area contributed by atoms with E-state index in [0.29, 0.717) is 38.2 Å². The van der Waals surface area contributed by atoms with Crippen LogP contribution in [0.1, 0.15) is 47.2 Å². The second-order valence-corrected chi connectivity index (χ2v) is 7.10. The number of ether oxygens (including phenoxy) is 1. The molecule has 0 bridgehead atoms. The van der Waals surface area contributed by atoms with Crippen molar-refractivity contribution in [3.8, 4) is 0 Å². The van der Waals surface area contributed by atoms with E-state index in [-0.39, 0.29) is 23.4 Å². The van der Waals surface area contributed by atoms with Gasteiger partial charge in [0.05, 0.1) is 17.7 Å². The number of carbonyl (C=O) groups excluding carboxylic acids is 1. The van der Waals surface area contributed by atoms with E-state index in [1.807, 2.05) is 6.92 Å². The third-order valence-electron chi connectivity index (χ3n) is 5.11. The predicted octanol–water partition coefficient (Wildman–Crippen LogP) is 3.58. The summed E-state index contributed by atoms with van der Waals surface area (Å²) >= 11 is 0. The van der Waals surface area contributed by atoms with Gasteiger partial charge in [-0.3, -0.25) is 9.59 Å². The van der Waals surface area contributed by atoms with Crippen molar-refractivity contribution in [2.75, 3.05) is 13.2 Å². The Morgan fingerprint density at radius 3 is 2.48 bits per heavy atom. The first kappa shape index (κ1) is 21.1. The third kappa shape index (κ3) is 5.26. The number of aromatic nitrogens is 1. The zero-order valence-corrected chi connectivity index (χ0v) is 16.0. The van der Waals surface area contributed by atoms with Gasteiger partial charge in [0, 0.05) is 31.5 Å². The number of pyridine rings is 1. The van der Waals surface area contributed by atoms with E-state index in [9.17, 15) is 22.8 Å². The molecular weight excluding hydrogens is 385 g/mol. The third-order valence-corrected chi connectivity index (χ3v) is 5.11. The van der Waals surface area contributed by atoms with Crippen LogP contribution in [-0.4, -0.2) is 29.7 Å². The minimum atomic E-state index is -4.34. The summed E-state index contributed by atoms with van der Waals surface area (Å²) in [5, 5.41) is 2.92. The first-order chi connectivity index (χ1) is 13.8. The van der Waals surface area contributed by atoms with Crippen LogP contribution in [0.3, 0.4) is 0 Å². The maximum Gasteiger partial charge on any atom is 0.416 e. The minimum Gasteiger partial charge on any atom is -0.380 e. The minimum absolute atomic E-state index is 0.0430. The maximum atomic E-state index is 12.6. The largest absolute Gasteiger partial charge is 0.416 e. The second-order valence-electron chi connectivity index (χ2n) is 7.10. The molecule has 5 nitrogen and oxygen atoms in total. The molecule has 156 valence electrons. The van der Waals surface area contributed by atoms with Crippen molar-refractivity contribution in [2.45, 2.75) is 44.4 Å². The van der Waals surface area contributed by atoms with Crippen molar-refractivity contribution >= 4 is 5.91 Å². The summed E-state index contributed by atoms with van der Waals surface area (Å²) in [6, 6.07) is 7.98. The molecule has 1 aromatic heterocycles. The van der Waals surface area contributed by atoms with Crippen molar-refractivity contribution in [2.24, 2.45) is 0 Å². The molecule has 0 atom stereocenters. The highest BCUT2D eigenvalue weighted by molar-refractivity contribution is 5.94. The van der Waals surface area contributed by atoms with Gasteiger partial charge in [-0.2, -0.15) is 13.2 Å². The van der Waals surface area contributed by atoms with Gasteiger partial charge in [0.15, 0.2) is 0 Å². The maximum absolute atomic E-state index is 12.6. The Balaban J connectivity index is 1.54. The van der Waals surface area contributed by atoms with Crippen molar-refractivity contribution < 1.29 is 22.7 Å². The summed E-state index contributed by atoms with van der Waals surface area (Å²) in [7, 11) is 0. The quantitative estimate of drug-likeness (QED) is 0.713. The van der Waals surface area contributed by atoms with E-state index in [4.69, 9.17) is 4.74 Å². The molecule has 1 saturated carbocycles. The first-order valence-electron chi connectivity index (χ1n) is 9.54. The van der Waals surface area contributed by atoms with Crippen LogP contribution in [0.25, 0.3) is 0 Å². The zero-order valence-electron chi connectivity index (χ0n) is 16.0. The van der Waals surface area contributed by atoms with Gasteiger partial charge in [0.2, 0.25) is 0 Å². The summed E-state index contributed by atoms with van der Waals surface area (Å²) < 4.78 is 44.6. The number of carbonyl (C=O) groups is 1. The van der Waals surface area contributed by atoms with Gasteiger partial charge in [-0.25, -0.2) is 0 Å². The lowest BCUT2D eigenvalue weighted by Gasteiger charge is -2.36. The van der Waals surface area contributed by atoms with Crippen molar-refractivity contribution in [3.63, 3.8) is 0 Å². The normalized spacial score (nSPS) is 18.9. The molecule has 1 amide bonds. The molecule has 0 spiro atoms. The fourth-order valence-corrected chi connectivity index (χ4v) is 3.37. The Morgan fingerprint density at radius 2 is 1.86 bits per heavy atom. The monoisotopic (exact) mass is 408 g/mol. The highest BCUT2D eigenvalue weighted by Crippen LogP contribution is 2.38. The molecule has 1 heterocycles. The molecule has 1 aliphatic carbocycles. The fourth-order valence-electron chi connectivity index (χ4n) is 3.37. The highest BCUT2D eigenvalue weighted by Gasteiger charge is 2.33. The van der Waals surface area contributed by atoms with E-state index in [1.165, 1.54) is 35.0 Å². The van der Waals surface area contributed by atoms with Gasteiger partial charge in [-0.15, -0.1) is 0 Å². The van der Waals surface area contributed by atoms with Crippen molar-refractivity contribution in [3.05, 3.63) is 69.6 Å². The Bertz CT molecular complexity index is 901. The molecule has 1 aromatic carbocycles. The van der Waals surface area contributed by atoms with E-state index in [2.05, 4.69) is 5.32 Å². The van der Waals surface area contributed by atoms with E-state index < -0.39 is 11.7 Å². The molecule has 0 aliphatic heterocycles. The van der Waals surface area contributed by atoms with E-state index >= 15 is 0 Å². The summed E-state index contributed by atoms with van der Waals surface area (Å²) in [5.41, 5.74) is 0.365. The zero-order chi connectivity index (χ0) is 21.0. The number of amides is 1. The number of benzene rings is 1. The molecule has 0 unspecified atom stereocenters. The molecule has 0 saturated heterocycles. The number of nitrogens with one attached hydrogen (secondary N) is 1. The predicted molar refractivity (Wildman–Crippen MR) is 102 cm³/mol. The molecule has 0 radical (unpaired) electrons. The van der Waals surface area contributed by atoms with Crippen LogP contribution < -0.4 is 10.9 Å². The molecule has 1 fully saturated rings. The van der Waals surface area contributed by atoms with Crippen LogP contribution in [0.15, 0.2) is 47.4 Å². The number of rotatable bonds is 7. The Hall–Kier alpha value is -2.61. The Morgan fingerprint density at radius 1 is 1.17 bits per heavy atom. The lowest BCUT2D eigenvalue weighted by Crippen LogP contribution is -2.43. The van der Waals surface area contributed by atoms with Gasteiger partial charge < -0.3 is 14.6 Å². The van der Waals surface area contributed by atoms with Gasteiger partial charge in [-0.1, -0.05) is 12.1 Å². The first-order valence-corrected chi connectivity index (χ1v) is 9.54. The van der Waals surface area contributed by atoms with Crippen LogP contribution in [-0.2, 0) is 17.5 Å². The molecule has 29 heavy (non-hydrogen) atoms. The standard InChI is InChI=1S/C21H23F3N2O3/c1-2-29-10-9-26-13-15(5-8-19(26)27)20(28)25-18-11-16(12-18)14-3-6-17(7-4-14)21(22,23)24/h3-8,13,16,18H,2,9-12H2,1H3,(H,25,28). The van der Waals surface area contributed by atoms with Crippen LogP contribution in [0, 0.1) is 0 Å². The number of nitrogens with zero attached hydrogens (tertiary/aromatic N) is 1. The molecule has 1 aliphatic rings. The van der Waals surface area contributed by atoms with Crippen LogP contribution in [0.5, 0.6) is 0 Å². The topological polar surface area (TPSA) is 60.3 Å². The van der Waals surface area contributed by atoms with E-state index in [1.54, 1.807) is 0 Å². The lowest BCUT2D eigenvalue weighted by atomic mass is 9.75. The summed E-state index contributed by atoms with van der Waals surface area (Å²) in [5.74, 6) is -0.145. The molecule has 1 N–H and O–H groups in total. The summed E-state index contributed by atoms with van der Waals surface area (Å²) in [6.45, 7) is 3.17. The summed E-state index contributed by atoms with van der Waals surface area (Å²) in [4.78, 5) is 24.3.